The lowest BCUT2D eigenvalue weighted by atomic mass is 10.3. The lowest BCUT2D eigenvalue weighted by Gasteiger charge is -2.22. The number of aryl methyl sites for hydroxylation is 2. The highest BCUT2D eigenvalue weighted by molar-refractivity contribution is 14.0. The van der Waals surface area contributed by atoms with Gasteiger partial charge in [-0.05, 0) is 32.0 Å². The number of guanidine groups is 1. The molecular weight excluding hydrogens is 483 g/mol. The summed E-state index contributed by atoms with van der Waals surface area (Å²) in [5.41, 5.74) is 1.13. The average Bonchev–Trinajstić information content (AvgIpc) is 2.89. The van der Waals surface area contributed by atoms with Crippen LogP contribution in [0.15, 0.2) is 29.3 Å². The van der Waals surface area contributed by atoms with Crippen LogP contribution in [-0.2, 0) is 6.42 Å². The second-order valence-corrected chi connectivity index (χ2v) is 7.42. The molecule has 1 N–H and O–H groups in total. The molecular formula is C18H26ClIN4OS. The van der Waals surface area contributed by atoms with Crippen LogP contribution in [-0.4, -0.2) is 49.6 Å². The van der Waals surface area contributed by atoms with Crippen LogP contribution < -0.4 is 10.1 Å². The van der Waals surface area contributed by atoms with Crippen molar-refractivity contribution >= 4 is 52.9 Å². The van der Waals surface area contributed by atoms with Crippen molar-refractivity contribution in [3.05, 3.63) is 44.9 Å². The van der Waals surface area contributed by atoms with Gasteiger partial charge in [0, 0.05) is 37.0 Å². The number of ether oxygens (including phenoxy) is 1. The maximum Gasteiger partial charge on any atom is 0.193 e. The second kappa shape index (κ2) is 11.6. The molecule has 26 heavy (non-hydrogen) atoms. The highest BCUT2D eigenvalue weighted by Gasteiger charge is 2.08. The van der Waals surface area contributed by atoms with Gasteiger partial charge in [-0.1, -0.05) is 17.7 Å². The van der Waals surface area contributed by atoms with E-state index in [1.54, 1.807) is 18.4 Å². The van der Waals surface area contributed by atoms with E-state index in [-0.39, 0.29) is 24.0 Å². The number of nitrogens with zero attached hydrogens (tertiary/aromatic N) is 3. The molecule has 5 nitrogen and oxygen atoms in total. The molecule has 1 heterocycles. The Hall–Kier alpha value is -1.06. The number of likely N-dealkylation sites (N-methyl/N-ethyl adjacent to an activating group) is 1. The summed E-state index contributed by atoms with van der Waals surface area (Å²) in [5, 5.41) is 5.19. The summed E-state index contributed by atoms with van der Waals surface area (Å²) in [5.74, 6) is 1.63. The number of benzene rings is 1. The van der Waals surface area contributed by atoms with Crippen molar-refractivity contribution in [2.45, 2.75) is 20.3 Å². The first-order chi connectivity index (χ1) is 12.0. The Bertz CT molecular complexity index is 723. The molecule has 1 aromatic carbocycles. The monoisotopic (exact) mass is 508 g/mol. The fourth-order valence-corrected chi connectivity index (χ4v) is 3.56. The first kappa shape index (κ1) is 23.0. The molecule has 0 bridgehead atoms. The van der Waals surface area contributed by atoms with Crippen LogP contribution >= 0.6 is 46.9 Å². The number of rotatable bonds is 7. The van der Waals surface area contributed by atoms with Crippen LogP contribution in [0.4, 0.5) is 0 Å². The molecule has 144 valence electrons. The van der Waals surface area contributed by atoms with Gasteiger partial charge in [0.2, 0.25) is 0 Å². The Morgan fingerprint density at radius 1 is 1.38 bits per heavy atom. The van der Waals surface area contributed by atoms with Crippen LogP contribution in [0.3, 0.4) is 0 Å². The number of thiazole rings is 1. The topological polar surface area (TPSA) is 49.8 Å². The zero-order valence-electron chi connectivity index (χ0n) is 15.6. The molecule has 0 aliphatic rings. The van der Waals surface area contributed by atoms with E-state index in [4.69, 9.17) is 16.3 Å². The fourth-order valence-electron chi connectivity index (χ4n) is 2.44. The number of aliphatic imine (C=N–C) groups is 1. The van der Waals surface area contributed by atoms with Gasteiger partial charge in [-0.3, -0.25) is 4.99 Å². The van der Waals surface area contributed by atoms with Gasteiger partial charge < -0.3 is 15.0 Å². The van der Waals surface area contributed by atoms with Crippen LogP contribution in [0.5, 0.6) is 5.75 Å². The normalized spacial score (nSPS) is 11.0. The lowest BCUT2D eigenvalue weighted by Crippen LogP contribution is -2.41. The van der Waals surface area contributed by atoms with E-state index in [9.17, 15) is 0 Å². The van der Waals surface area contributed by atoms with Gasteiger partial charge in [0.15, 0.2) is 5.96 Å². The Morgan fingerprint density at radius 2 is 2.15 bits per heavy atom. The van der Waals surface area contributed by atoms with Crippen LogP contribution in [0.25, 0.3) is 0 Å². The molecule has 0 atom stereocenters. The summed E-state index contributed by atoms with van der Waals surface area (Å²) in [4.78, 5) is 12.2. The molecule has 0 saturated heterocycles. The van der Waals surface area contributed by atoms with Gasteiger partial charge in [0.25, 0.3) is 0 Å². The molecule has 8 heteroatoms. The van der Waals surface area contributed by atoms with Gasteiger partial charge >= 0.3 is 0 Å². The summed E-state index contributed by atoms with van der Waals surface area (Å²) in [6.45, 7) is 6.22. The molecule has 0 saturated carbocycles. The van der Waals surface area contributed by atoms with Gasteiger partial charge in [-0.2, -0.15) is 0 Å². The first-order valence-electron chi connectivity index (χ1n) is 8.22. The highest BCUT2D eigenvalue weighted by atomic mass is 127. The average molecular weight is 509 g/mol. The molecule has 1 aromatic heterocycles. The Kier molecular flexibility index (Phi) is 10.3. The Balaban J connectivity index is 0.00000338. The summed E-state index contributed by atoms with van der Waals surface area (Å²) in [6, 6.07) is 7.43. The molecule has 0 fully saturated rings. The lowest BCUT2D eigenvalue weighted by molar-refractivity contribution is 0.281. The molecule has 2 rings (SSSR count). The minimum absolute atomic E-state index is 0. The first-order valence-corrected chi connectivity index (χ1v) is 9.42. The summed E-state index contributed by atoms with van der Waals surface area (Å²) in [6.07, 6.45) is 0.948. The maximum absolute atomic E-state index is 5.96. The Morgan fingerprint density at radius 3 is 2.77 bits per heavy atom. The van der Waals surface area contributed by atoms with E-state index in [0.717, 1.165) is 41.9 Å². The van der Waals surface area contributed by atoms with Crippen LogP contribution in [0, 0.1) is 13.8 Å². The SMILES string of the molecule is CN=C(NCCc1sc(C)nc1C)N(C)CCOc1cccc(Cl)c1.I. The second-order valence-electron chi connectivity index (χ2n) is 5.69. The van der Waals surface area contributed by atoms with Gasteiger partial charge in [0.1, 0.15) is 12.4 Å². The van der Waals surface area contributed by atoms with Crippen LogP contribution in [0.1, 0.15) is 15.6 Å². The number of hydrogen-bond acceptors (Lipinski definition) is 4. The van der Waals surface area contributed by atoms with E-state index >= 15 is 0 Å². The molecule has 0 amide bonds. The van der Waals surface area contributed by atoms with E-state index < -0.39 is 0 Å². The van der Waals surface area contributed by atoms with Crippen molar-refractivity contribution in [2.75, 3.05) is 33.8 Å². The predicted molar refractivity (Wildman–Crippen MR) is 122 cm³/mol. The third-order valence-corrected chi connectivity index (χ3v) is 5.07. The quantitative estimate of drug-likeness (QED) is 0.347. The molecule has 0 unspecified atom stereocenters. The van der Waals surface area contributed by atoms with E-state index in [1.807, 2.05) is 38.2 Å². The van der Waals surface area contributed by atoms with Crippen molar-refractivity contribution in [2.24, 2.45) is 4.99 Å². The Labute approximate surface area is 181 Å². The highest BCUT2D eigenvalue weighted by Crippen LogP contribution is 2.17. The summed E-state index contributed by atoms with van der Waals surface area (Å²) in [7, 11) is 3.79. The van der Waals surface area contributed by atoms with Crippen molar-refractivity contribution in [1.82, 2.24) is 15.2 Å². The van der Waals surface area contributed by atoms with E-state index in [1.165, 1.54) is 4.88 Å². The van der Waals surface area contributed by atoms with Gasteiger partial charge in [-0.15, -0.1) is 35.3 Å². The fraction of sp³-hybridized carbons (Fsp3) is 0.444. The van der Waals surface area contributed by atoms with Gasteiger partial charge in [0.05, 0.1) is 17.2 Å². The van der Waals surface area contributed by atoms with Crippen molar-refractivity contribution in [1.29, 1.82) is 0 Å². The third kappa shape index (κ3) is 7.28. The number of aromatic nitrogens is 1. The van der Waals surface area contributed by atoms with Crippen molar-refractivity contribution < 1.29 is 4.74 Å². The minimum Gasteiger partial charge on any atom is -0.492 e. The number of nitrogens with one attached hydrogen (secondary N) is 1. The van der Waals surface area contributed by atoms with Crippen LogP contribution in [0.2, 0.25) is 5.02 Å². The third-order valence-electron chi connectivity index (χ3n) is 3.70. The number of halogens is 2. The summed E-state index contributed by atoms with van der Waals surface area (Å²) < 4.78 is 5.73. The van der Waals surface area contributed by atoms with Crippen molar-refractivity contribution in [3.8, 4) is 5.75 Å². The smallest absolute Gasteiger partial charge is 0.193 e. The van der Waals surface area contributed by atoms with E-state index in [0.29, 0.717) is 11.6 Å². The predicted octanol–water partition coefficient (Wildman–Crippen LogP) is 4.16. The molecule has 2 aromatic rings. The zero-order chi connectivity index (χ0) is 18.2. The summed E-state index contributed by atoms with van der Waals surface area (Å²) >= 11 is 7.72. The molecule has 0 aliphatic heterocycles. The maximum atomic E-state index is 5.96. The molecule has 0 spiro atoms. The zero-order valence-corrected chi connectivity index (χ0v) is 19.5. The van der Waals surface area contributed by atoms with E-state index in [2.05, 4.69) is 27.1 Å². The van der Waals surface area contributed by atoms with Gasteiger partial charge in [-0.25, -0.2) is 4.98 Å². The standard InChI is InChI=1S/C18H25ClN4OS.HI/c1-13-17(25-14(2)22-13)8-9-21-18(20-3)23(4)10-11-24-16-7-5-6-15(19)12-16;/h5-7,12H,8-11H2,1-4H3,(H,20,21);1H. The number of hydrogen-bond donors (Lipinski definition) is 1. The molecule has 0 radical (unpaired) electrons. The molecule has 0 aliphatic carbocycles. The largest absolute Gasteiger partial charge is 0.492 e. The minimum atomic E-state index is 0. The van der Waals surface area contributed by atoms with Crippen molar-refractivity contribution in [3.63, 3.8) is 0 Å².